The minimum Gasteiger partial charge on any atom is -0.456 e. The Morgan fingerprint density at radius 2 is 0.402 bits per heavy atom. The lowest BCUT2D eigenvalue weighted by Crippen LogP contribution is -1.93. The van der Waals surface area contributed by atoms with Crippen molar-refractivity contribution >= 4 is 152 Å². The summed E-state index contributed by atoms with van der Waals surface area (Å²) in [6.07, 6.45) is 0. The molecule has 0 aliphatic carbocycles. The van der Waals surface area contributed by atoms with Gasteiger partial charge in [0.25, 0.3) is 0 Å². The molecule has 0 aliphatic heterocycles. The average Bonchev–Trinajstić information content (AvgIpc) is 1.20. The second-order valence-corrected chi connectivity index (χ2v) is 29.5. The number of rotatable bonds is 8. The first-order valence-corrected chi connectivity index (χ1v) is 38.3. The van der Waals surface area contributed by atoms with Gasteiger partial charge >= 0.3 is 0 Å². The van der Waals surface area contributed by atoms with Crippen LogP contribution in [0.2, 0.25) is 0 Å². The fourth-order valence-electron chi connectivity index (χ4n) is 18.3. The molecule has 0 bridgehead atoms. The molecule has 0 fully saturated rings. The summed E-state index contributed by atoms with van der Waals surface area (Å²) in [5.74, 6) is 0. The lowest BCUT2D eigenvalue weighted by molar-refractivity contribution is 0.668. The van der Waals surface area contributed by atoms with Crippen LogP contribution in [0.4, 0.5) is 0 Å². The fraction of sp³-hybridized carbons (Fsp3) is 0. The summed E-state index contributed by atoms with van der Waals surface area (Å²) in [6.45, 7) is 0. The molecule has 0 N–H and O–H groups in total. The van der Waals surface area contributed by atoms with Gasteiger partial charge in [-0.15, -0.1) is 0 Å². The van der Waals surface area contributed by atoms with Gasteiger partial charge in [0.2, 0.25) is 0 Å². The molecular formula is C108H64O4. The quantitative estimate of drug-likeness (QED) is 0.142. The second kappa shape index (κ2) is 25.4. The molecule has 520 valence electrons. The smallest absolute Gasteiger partial charge is 0.136 e. The highest BCUT2D eigenvalue weighted by Crippen LogP contribution is 2.52. The normalized spacial score (nSPS) is 11.9. The van der Waals surface area contributed by atoms with E-state index in [1.54, 1.807) is 0 Å². The summed E-state index contributed by atoms with van der Waals surface area (Å²) in [5.41, 5.74) is 26.2. The van der Waals surface area contributed by atoms with E-state index in [0.29, 0.717) is 0 Å². The first-order chi connectivity index (χ1) is 55.5. The molecule has 0 saturated carbocycles. The summed E-state index contributed by atoms with van der Waals surface area (Å²) in [7, 11) is 0. The molecule has 4 heteroatoms. The molecule has 4 aromatic heterocycles. The molecule has 20 aromatic carbocycles. The first kappa shape index (κ1) is 63.3. The predicted octanol–water partition coefficient (Wildman–Crippen LogP) is 31.2. The highest BCUT2D eigenvalue weighted by atomic mass is 16.3. The van der Waals surface area contributed by atoms with Gasteiger partial charge in [0.15, 0.2) is 0 Å². The Morgan fingerprint density at radius 1 is 0.125 bits per heavy atom. The van der Waals surface area contributed by atoms with E-state index in [1.165, 1.54) is 131 Å². The number of fused-ring (bicyclic) bond motifs is 18. The third-order valence-corrected chi connectivity index (χ3v) is 23.3. The van der Waals surface area contributed by atoms with Crippen LogP contribution in [0.25, 0.3) is 241 Å². The molecule has 0 aliphatic rings. The van der Waals surface area contributed by atoms with Crippen LogP contribution in [-0.2, 0) is 0 Å². The van der Waals surface area contributed by atoms with E-state index in [1.807, 2.05) is 36.4 Å². The summed E-state index contributed by atoms with van der Waals surface area (Å²) in [4.78, 5) is 0. The molecule has 24 aromatic rings. The number of hydrogen-bond acceptors (Lipinski definition) is 4. The number of furan rings is 4. The van der Waals surface area contributed by atoms with Gasteiger partial charge < -0.3 is 17.7 Å². The van der Waals surface area contributed by atoms with Crippen LogP contribution in [0.1, 0.15) is 0 Å². The first-order valence-electron chi connectivity index (χ1n) is 38.3. The second-order valence-electron chi connectivity index (χ2n) is 29.5. The largest absolute Gasteiger partial charge is 0.456 e. The van der Waals surface area contributed by atoms with Crippen molar-refractivity contribution in [3.63, 3.8) is 0 Å². The van der Waals surface area contributed by atoms with E-state index in [-0.39, 0.29) is 0 Å². The van der Waals surface area contributed by atoms with Crippen molar-refractivity contribution in [3.05, 3.63) is 388 Å². The zero-order valence-electron chi connectivity index (χ0n) is 60.6. The average molecular weight is 1430 g/mol. The van der Waals surface area contributed by atoms with Gasteiger partial charge in [-0.05, 0) is 251 Å². The molecule has 0 amide bonds. The van der Waals surface area contributed by atoms with Crippen molar-refractivity contribution in [3.8, 4) is 89.0 Å². The van der Waals surface area contributed by atoms with Gasteiger partial charge in [-0.1, -0.05) is 291 Å². The zero-order valence-corrected chi connectivity index (χ0v) is 60.6. The van der Waals surface area contributed by atoms with Crippen molar-refractivity contribution in [2.45, 2.75) is 0 Å². The maximum absolute atomic E-state index is 6.43. The van der Waals surface area contributed by atoms with Gasteiger partial charge in [-0.25, -0.2) is 0 Å². The summed E-state index contributed by atoms with van der Waals surface area (Å²) >= 11 is 0. The summed E-state index contributed by atoms with van der Waals surface area (Å²) < 4.78 is 25.4. The topological polar surface area (TPSA) is 52.6 Å². The number of para-hydroxylation sites is 4. The third-order valence-electron chi connectivity index (χ3n) is 23.3. The van der Waals surface area contributed by atoms with E-state index < -0.39 is 0 Å². The van der Waals surface area contributed by atoms with E-state index in [4.69, 9.17) is 17.7 Å². The van der Waals surface area contributed by atoms with Crippen LogP contribution >= 0.6 is 0 Å². The maximum Gasteiger partial charge on any atom is 0.136 e. The number of hydrogen-bond donors (Lipinski definition) is 0. The SMILES string of the molecule is c1ccc(-c2cc3ccccc3cc2-c2c3cccc(-c4ccc5oc6ccccc6c5c4)c3cc3c(-c4ccc5oc6ccccc6c5c4)cccc23)cc1.c1ccc(-c2cc3ccccc3cc2-c2c3cccc(-c4cccc5oc6ccccc6c45)c3cc3c(-c4cccc5oc6ccccc6c45)cccc23)cc1. The van der Waals surface area contributed by atoms with Gasteiger partial charge in [-0.3, -0.25) is 0 Å². The molecule has 0 unspecified atom stereocenters. The van der Waals surface area contributed by atoms with Gasteiger partial charge in [-0.2, -0.15) is 0 Å². The minimum atomic E-state index is 0.891. The van der Waals surface area contributed by atoms with Crippen molar-refractivity contribution in [2.24, 2.45) is 0 Å². The highest BCUT2D eigenvalue weighted by Gasteiger charge is 2.25. The van der Waals surface area contributed by atoms with Crippen molar-refractivity contribution in [1.29, 1.82) is 0 Å². The van der Waals surface area contributed by atoms with E-state index >= 15 is 0 Å². The van der Waals surface area contributed by atoms with Crippen molar-refractivity contribution in [2.75, 3.05) is 0 Å². The van der Waals surface area contributed by atoms with Crippen LogP contribution in [0.3, 0.4) is 0 Å². The molecule has 0 saturated heterocycles. The van der Waals surface area contributed by atoms with Crippen molar-refractivity contribution < 1.29 is 17.7 Å². The van der Waals surface area contributed by atoms with E-state index in [0.717, 1.165) is 110 Å². The Kier molecular flexibility index (Phi) is 14.3. The molecule has 112 heavy (non-hydrogen) atoms. The molecule has 4 heterocycles. The van der Waals surface area contributed by atoms with E-state index in [2.05, 4.69) is 352 Å². The summed E-state index contributed by atoms with van der Waals surface area (Å²) in [5, 5.41) is 23.5. The molecule has 0 spiro atoms. The van der Waals surface area contributed by atoms with Gasteiger partial charge in [0, 0.05) is 43.1 Å². The Labute approximate surface area is 643 Å². The van der Waals surface area contributed by atoms with Gasteiger partial charge in [0.1, 0.15) is 44.7 Å². The van der Waals surface area contributed by atoms with Gasteiger partial charge in [0.05, 0.1) is 0 Å². The minimum absolute atomic E-state index is 0.891. The standard InChI is InChI=1S/2C54H32O2/c1-2-14-33(15-3-1)44-30-34-16-4-5-17-35(34)31-47(44)52-40-22-10-20-36(38-24-12-28-50-53(38)42-18-6-8-26-48(42)55-50)45(40)32-46-37(21-11-23-41(46)52)39-25-13-29-51-54(39)43-19-7-9-27-49(43)56-51;1-2-12-33(13-3-1)44-28-34-14-4-5-15-35(34)29-49(44)54-42-20-10-18-38(36-24-26-52-47(30-36)40-16-6-8-22-50(40)55-52)45(42)32-46-39(19-11-21-43(46)54)37-25-27-53-48(31-37)41-17-7-9-23-51(41)56-53/h2*1-32H. The maximum atomic E-state index is 6.43. The zero-order chi connectivity index (χ0) is 73.5. The van der Waals surface area contributed by atoms with Crippen LogP contribution in [0, 0.1) is 0 Å². The molecule has 0 atom stereocenters. The Morgan fingerprint density at radius 3 is 0.804 bits per heavy atom. The van der Waals surface area contributed by atoms with Crippen molar-refractivity contribution in [1.82, 2.24) is 0 Å². The molecular weight excluding hydrogens is 1360 g/mol. The van der Waals surface area contributed by atoms with Crippen LogP contribution < -0.4 is 0 Å². The van der Waals surface area contributed by atoms with Crippen LogP contribution in [0.5, 0.6) is 0 Å². The third kappa shape index (κ3) is 10.1. The molecule has 24 rings (SSSR count). The molecule has 0 radical (unpaired) electrons. The van der Waals surface area contributed by atoms with E-state index in [9.17, 15) is 0 Å². The van der Waals surface area contributed by atoms with Crippen LogP contribution in [0.15, 0.2) is 406 Å². The lowest BCUT2D eigenvalue weighted by atomic mass is 9.82. The highest BCUT2D eigenvalue weighted by molar-refractivity contribution is 6.26. The Hall–Kier alpha value is -14.8. The molecule has 4 nitrogen and oxygen atoms in total. The monoisotopic (exact) mass is 1420 g/mol. The fourth-order valence-corrected chi connectivity index (χ4v) is 18.3. The Bertz CT molecular complexity index is 7660. The lowest BCUT2D eigenvalue weighted by Gasteiger charge is -2.20. The number of benzene rings is 20. The van der Waals surface area contributed by atoms with Crippen LogP contribution in [-0.4, -0.2) is 0 Å². The summed E-state index contributed by atoms with van der Waals surface area (Å²) in [6, 6.07) is 140. The predicted molar refractivity (Wildman–Crippen MR) is 471 cm³/mol. The Balaban J connectivity index is 0.000000134.